The van der Waals surface area contributed by atoms with Crippen LogP contribution >= 0.6 is 11.6 Å². The summed E-state index contributed by atoms with van der Waals surface area (Å²) < 4.78 is 26.0. The number of sulfonamides is 1. The Kier molecular flexibility index (Phi) is 6.15. The molecule has 1 N–H and O–H groups in total. The van der Waals surface area contributed by atoms with Crippen molar-refractivity contribution in [1.82, 2.24) is 9.79 Å². The van der Waals surface area contributed by atoms with Crippen molar-refractivity contribution in [3.8, 4) is 0 Å². The van der Waals surface area contributed by atoms with Crippen LogP contribution in [-0.2, 0) is 14.9 Å². The maximum Gasteiger partial charge on any atom is 0.276 e. The number of rotatable bonds is 6. The van der Waals surface area contributed by atoms with Crippen LogP contribution in [0.2, 0.25) is 5.02 Å². The number of hydroxylamine groups is 1. The first-order valence-corrected chi connectivity index (χ1v) is 8.23. The highest BCUT2D eigenvalue weighted by atomic mass is 35.5. The zero-order valence-electron chi connectivity index (χ0n) is 12.4. The maximum absolute atomic E-state index is 12.4. The molecule has 1 aromatic carbocycles. The van der Waals surface area contributed by atoms with E-state index in [0.717, 1.165) is 0 Å². The number of carbonyl (C=O) groups excluding carboxylic acids is 1. The largest absolute Gasteiger partial charge is 0.276 e. The topological polar surface area (TPSA) is 75.7 Å². The summed E-state index contributed by atoms with van der Waals surface area (Å²) in [5.41, 5.74) is 2.23. The van der Waals surface area contributed by atoms with Crippen molar-refractivity contribution in [2.75, 3.05) is 13.7 Å². The molecule has 0 fully saturated rings. The third kappa shape index (κ3) is 4.16. The fourth-order valence-electron chi connectivity index (χ4n) is 1.48. The summed E-state index contributed by atoms with van der Waals surface area (Å²) in [6.45, 7) is 5.52. The van der Waals surface area contributed by atoms with Crippen molar-refractivity contribution in [3.63, 3.8) is 0 Å². The predicted octanol–water partition coefficient (Wildman–Crippen LogP) is 2.05. The molecule has 1 amide bonds. The molecular weight excluding hydrogens is 316 g/mol. The second-order valence-corrected chi connectivity index (χ2v) is 7.03. The van der Waals surface area contributed by atoms with Crippen molar-refractivity contribution in [3.05, 3.63) is 28.8 Å². The van der Waals surface area contributed by atoms with Gasteiger partial charge in [-0.05, 0) is 39.0 Å². The van der Waals surface area contributed by atoms with Crippen LogP contribution in [0.25, 0.3) is 0 Å². The minimum atomic E-state index is -3.68. The van der Waals surface area contributed by atoms with Crippen LogP contribution in [0.3, 0.4) is 0 Å². The predicted molar refractivity (Wildman–Crippen MR) is 80.6 cm³/mol. The van der Waals surface area contributed by atoms with Crippen LogP contribution in [0.1, 0.15) is 31.1 Å². The Morgan fingerprint density at radius 2 is 2.05 bits per heavy atom. The highest BCUT2D eigenvalue weighted by molar-refractivity contribution is 7.89. The first kappa shape index (κ1) is 17.9. The van der Waals surface area contributed by atoms with E-state index in [1.54, 1.807) is 20.8 Å². The Morgan fingerprint density at radius 1 is 1.43 bits per heavy atom. The number of benzene rings is 1. The Balaban J connectivity index is 3.21. The van der Waals surface area contributed by atoms with Crippen molar-refractivity contribution >= 4 is 27.5 Å². The maximum atomic E-state index is 12.4. The molecule has 6 nitrogen and oxygen atoms in total. The monoisotopic (exact) mass is 334 g/mol. The van der Waals surface area contributed by atoms with E-state index in [0.29, 0.717) is 0 Å². The summed E-state index contributed by atoms with van der Waals surface area (Å²) in [6.07, 6.45) is 0. The van der Waals surface area contributed by atoms with Gasteiger partial charge in [0.1, 0.15) is 0 Å². The van der Waals surface area contributed by atoms with Gasteiger partial charge in [-0.2, -0.15) is 4.31 Å². The van der Waals surface area contributed by atoms with E-state index in [4.69, 9.17) is 16.4 Å². The van der Waals surface area contributed by atoms with Crippen molar-refractivity contribution < 1.29 is 18.0 Å². The molecule has 21 heavy (non-hydrogen) atoms. The van der Waals surface area contributed by atoms with E-state index in [2.05, 4.69) is 5.48 Å². The molecule has 0 aromatic heterocycles. The molecule has 0 aliphatic rings. The first-order chi connectivity index (χ1) is 9.71. The molecular formula is C13H19ClN2O4S. The smallest absolute Gasteiger partial charge is 0.274 e. The lowest BCUT2D eigenvalue weighted by atomic mass is 10.2. The van der Waals surface area contributed by atoms with Crippen LogP contribution in [0, 0.1) is 0 Å². The fourth-order valence-corrected chi connectivity index (χ4v) is 3.07. The first-order valence-electron chi connectivity index (χ1n) is 6.41. The molecule has 0 aliphatic heterocycles. The molecule has 1 aromatic rings. The zero-order chi connectivity index (χ0) is 16.2. The standard InChI is InChI=1S/C13H19ClN2O4S/c1-5-20-15-13(17)11-8-10(6-7-12(11)14)21(18,19)16(4)9(2)3/h6-9H,5H2,1-4H3,(H,15,17). The van der Waals surface area contributed by atoms with E-state index in [1.165, 1.54) is 29.6 Å². The quantitative estimate of drug-likeness (QED) is 0.808. The lowest BCUT2D eigenvalue weighted by molar-refractivity contribution is 0.0364. The van der Waals surface area contributed by atoms with Crippen LogP contribution in [-0.4, -0.2) is 38.3 Å². The van der Waals surface area contributed by atoms with Crippen LogP contribution in [0.5, 0.6) is 0 Å². The summed E-state index contributed by atoms with van der Waals surface area (Å²) in [5, 5.41) is 0.151. The minimum Gasteiger partial charge on any atom is -0.274 e. The number of halogens is 1. The molecule has 1 rings (SSSR count). The van der Waals surface area contributed by atoms with E-state index >= 15 is 0 Å². The molecule has 0 saturated carbocycles. The number of hydrogen-bond donors (Lipinski definition) is 1. The minimum absolute atomic E-state index is 0.00440. The Bertz CT molecular complexity index is 617. The van der Waals surface area contributed by atoms with Crippen molar-refractivity contribution in [2.24, 2.45) is 0 Å². The molecule has 0 atom stereocenters. The molecule has 0 unspecified atom stereocenters. The molecule has 0 aliphatic carbocycles. The lowest BCUT2D eigenvalue weighted by Crippen LogP contribution is -2.33. The van der Waals surface area contributed by atoms with E-state index in [9.17, 15) is 13.2 Å². The van der Waals surface area contributed by atoms with Gasteiger partial charge in [-0.25, -0.2) is 13.9 Å². The SMILES string of the molecule is CCONC(=O)c1cc(S(=O)(=O)N(C)C(C)C)ccc1Cl. The van der Waals surface area contributed by atoms with Gasteiger partial charge in [-0.3, -0.25) is 9.63 Å². The normalized spacial score (nSPS) is 12.0. The molecule has 0 saturated heterocycles. The number of hydrogen-bond acceptors (Lipinski definition) is 4. The second-order valence-electron chi connectivity index (χ2n) is 4.62. The van der Waals surface area contributed by atoms with Gasteiger partial charge in [0.25, 0.3) is 5.91 Å². The molecule has 0 radical (unpaired) electrons. The average Bonchev–Trinajstić information content (AvgIpc) is 2.43. The molecule has 0 heterocycles. The van der Waals surface area contributed by atoms with Crippen LogP contribution < -0.4 is 5.48 Å². The Labute approximate surface area is 130 Å². The van der Waals surface area contributed by atoms with Crippen molar-refractivity contribution in [1.29, 1.82) is 0 Å². The number of carbonyl (C=O) groups is 1. The van der Waals surface area contributed by atoms with Crippen LogP contribution in [0.15, 0.2) is 23.1 Å². The summed E-state index contributed by atoms with van der Waals surface area (Å²) in [6, 6.07) is 3.79. The number of amides is 1. The summed E-state index contributed by atoms with van der Waals surface area (Å²) in [7, 11) is -2.20. The van der Waals surface area contributed by atoms with Gasteiger partial charge in [-0.15, -0.1) is 0 Å². The number of nitrogens with one attached hydrogen (secondary N) is 1. The van der Waals surface area contributed by atoms with Gasteiger partial charge >= 0.3 is 0 Å². The lowest BCUT2D eigenvalue weighted by Gasteiger charge is -2.21. The van der Waals surface area contributed by atoms with Gasteiger partial charge in [0, 0.05) is 13.1 Å². The molecule has 8 heteroatoms. The number of nitrogens with zero attached hydrogens (tertiary/aromatic N) is 1. The van der Waals surface area contributed by atoms with Gasteiger partial charge in [0.05, 0.1) is 22.1 Å². The Hall–Kier alpha value is -1.15. The summed E-state index contributed by atoms with van der Waals surface area (Å²) >= 11 is 5.94. The van der Waals surface area contributed by atoms with Gasteiger partial charge in [0.2, 0.25) is 10.0 Å². The Morgan fingerprint density at radius 3 is 2.57 bits per heavy atom. The van der Waals surface area contributed by atoms with Crippen molar-refractivity contribution in [2.45, 2.75) is 31.7 Å². The second kappa shape index (κ2) is 7.22. The van der Waals surface area contributed by atoms with Gasteiger partial charge in [-0.1, -0.05) is 11.6 Å². The third-order valence-electron chi connectivity index (χ3n) is 2.90. The van der Waals surface area contributed by atoms with Gasteiger partial charge in [0.15, 0.2) is 0 Å². The third-order valence-corrected chi connectivity index (χ3v) is 5.25. The highest BCUT2D eigenvalue weighted by Gasteiger charge is 2.25. The fraction of sp³-hybridized carbons (Fsp3) is 0.462. The zero-order valence-corrected chi connectivity index (χ0v) is 14.0. The molecule has 0 bridgehead atoms. The molecule has 118 valence electrons. The van der Waals surface area contributed by atoms with E-state index in [-0.39, 0.29) is 28.1 Å². The van der Waals surface area contributed by atoms with Crippen LogP contribution in [0.4, 0.5) is 0 Å². The van der Waals surface area contributed by atoms with E-state index < -0.39 is 15.9 Å². The van der Waals surface area contributed by atoms with E-state index in [1.807, 2.05) is 0 Å². The average molecular weight is 335 g/mol. The van der Waals surface area contributed by atoms with Gasteiger partial charge < -0.3 is 0 Å². The summed E-state index contributed by atoms with van der Waals surface area (Å²) in [5.74, 6) is -0.592. The molecule has 0 spiro atoms. The highest BCUT2D eigenvalue weighted by Crippen LogP contribution is 2.23. The summed E-state index contributed by atoms with van der Waals surface area (Å²) in [4.78, 5) is 16.7.